The van der Waals surface area contributed by atoms with Crippen LogP contribution in [0.1, 0.15) is 58.2 Å². The molecule has 1 unspecified atom stereocenters. The maximum atomic E-state index is 12.6. The summed E-state index contributed by atoms with van der Waals surface area (Å²) in [4.78, 5) is 5.46. The molecule has 0 spiro atoms. The summed E-state index contributed by atoms with van der Waals surface area (Å²) in [6.45, 7) is 17.8. The molecule has 1 aromatic heterocycles. The minimum absolute atomic E-state index is 0.123. The quantitative estimate of drug-likeness (QED) is 0.301. The first-order chi connectivity index (χ1) is 15.2. The summed E-state index contributed by atoms with van der Waals surface area (Å²) in [5.41, 5.74) is 2.59. The first kappa shape index (κ1) is 28.1. The fraction of sp³-hybridized carbons (Fsp3) is 0.480. The van der Waals surface area contributed by atoms with Gasteiger partial charge in [0, 0.05) is 28.8 Å². The predicted octanol–water partition coefficient (Wildman–Crippen LogP) is 6.94. The molecular formula is C25H35ClN2O2S2Si. The van der Waals surface area contributed by atoms with Crippen molar-refractivity contribution >= 4 is 42.7 Å². The summed E-state index contributed by atoms with van der Waals surface area (Å²) >= 11 is 8.15. The number of nitrogens with zero attached hydrogens (tertiary/aromatic N) is 1. The molecule has 0 fully saturated rings. The van der Waals surface area contributed by atoms with Crippen molar-refractivity contribution in [2.24, 2.45) is 0 Å². The standard InChI is InChI=1S/C25H35ClN2O2S2Si/c1-10-18-14-20(16-28-32(29)24(2,3)4)22(21(26)15-18)31-23-19(12-11-13-27-23)17-30-33(8,9)25(5,6)7/h1,11-15,28H,16-17H2,2-9H3. The van der Waals surface area contributed by atoms with Crippen molar-refractivity contribution in [1.29, 1.82) is 0 Å². The van der Waals surface area contributed by atoms with E-state index < -0.39 is 19.3 Å². The van der Waals surface area contributed by atoms with E-state index in [2.05, 4.69) is 49.5 Å². The van der Waals surface area contributed by atoms with E-state index in [9.17, 15) is 4.21 Å². The smallest absolute Gasteiger partial charge is 0.192 e. The second kappa shape index (κ2) is 11.1. The van der Waals surface area contributed by atoms with Gasteiger partial charge in [-0.1, -0.05) is 56.1 Å². The predicted molar refractivity (Wildman–Crippen MR) is 144 cm³/mol. The van der Waals surface area contributed by atoms with Gasteiger partial charge in [0.25, 0.3) is 0 Å². The largest absolute Gasteiger partial charge is 0.412 e. The van der Waals surface area contributed by atoms with E-state index in [0.717, 1.165) is 21.0 Å². The average Bonchev–Trinajstić information content (AvgIpc) is 2.71. The SMILES string of the molecule is C#Cc1cc(Cl)c(Sc2ncccc2CO[Si](C)(C)C(C)(C)C)c(CNS(=O)C(C)(C)C)c1. The van der Waals surface area contributed by atoms with Crippen LogP contribution in [0.4, 0.5) is 0 Å². The first-order valence-electron chi connectivity index (χ1n) is 10.9. The van der Waals surface area contributed by atoms with Gasteiger partial charge in [-0.05, 0) is 62.7 Å². The molecule has 0 amide bonds. The van der Waals surface area contributed by atoms with Crippen LogP contribution in [0.5, 0.6) is 0 Å². The summed E-state index contributed by atoms with van der Waals surface area (Å²) in [5, 5.41) is 1.51. The van der Waals surface area contributed by atoms with Crippen LogP contribution >= 0.6 is 23.4 Å². The lowest BCUT2D eigenvalue weighted by atomic mass is 10.1. The Morgan fingerprint density at radius 1 is 1.21 bits per heavy atom. The normalized spacial score (nSPS) is 13.6. The van der Waals surface area contributed by atoms with Crippen molar-refractivity contribution in [1.82, 2.24) is 9.71 Å². The zero-order chi connectivity index (χ0) is 25.0. The summed E-state index contributed by atoms with van der Waals surface area (Å²) in [7, 11) is -3.13. The van der Waals surface area contributed by atoms with E-state index >= 15 is 0 Å². The molecule has 0 saturated heterocycles. The minimum atomic E-state index is -1.91. The summed E-state index contributed by atoms with van der Waals surface area (Å²) in [5.74, 6) is 2.65. The van der Waals surface area contributed by atoms with Crippen LogP contribution in [-0.4, -0.2) is 22.3 Å². The molecule has 0 bridgehead atoms. The molecule has 0 saturated carbocycles. The number of aromatic nitrogens is 1. The summed E-state index contributed by atoms with van der Waals surface area (Å²) < 4.78 is 21.7. The molecule has 0 aliphatic rings. The molecule has 0 radical (unpaired) electrons. The lowest BCUT2D eigenvalue weighted by molar-refractivity contribution is 0.273. The van der Waals surface area contributed by atoms with Gasteiger partial charge in [-0.15, -0.1) is 6.42 Å². The van der Waals surface area contributed by atoms with Crippen molar-refractivity contribution in [3.05, 3.63) is 52.2 Å². The second-order valence-electron chi connectivity index (χ2n) is 10.4. The number of hydrogen-bond acceptors (Lipinski definition) is 4. The lowest BCUT2D eigenvalue weighted by Gasteiger charge is -2.36. The van der Waals surface area contributed by atoms with Gasteiger partial charge in [-0.25, -0.2) is 13.9 Å². The van der Waals surface area contributed by atoms with Crippen LogP contribution in [-0.2, 0) is 28.6 Å². The zero-order valence-electron chi connectivity index (χ0n) is 20.8. The Labute approximate surface area is 212 Å². The molecule has 8 heteroatoms. The van der Waals surface area contributed by atoms with Gasteiger partial charge in [-0.3, -0.25) is 0 Å². The maximum absolute atomic E-state index is 12.6. The van der Waals surface area contributed by atoms with E-state index in [1.165, 1.54) is 11.8 Å². The van der Waals surface area contributed by atoms with Crippen molar-refractivity contribution in [3.8, 4) is 12.3 Å². The second-order valence-corrected chi connectivity index (χ2v) is 18.7. The van der Waals surface area contributed by atoms with E-state index in [1.54, 1.807) is 12.3 Å². The fourth-order valence-corrected chi connectivity index (χ4v) is 5.54. The third-order valence-corrected chi connectivity index (χ3v) is 13.3. The zero-order valence-corrected chi connectivity index (χ0v) is 24.2. The average molecular weight is 523 g/mol. The Morgan fingerprint density at radius 3 is 2.45 bits per heavy atom. The van der Waals surface area contributed by atoms with Crippen LogP contribution in [0.25, 0.3) is 0 Å². The Kier molecular flexibility index (Phi) is 9.42. The van der Waals surface area contributed by atoms with Gasteiger partial charge >= 0.3 is 0 Å². The van der Waals surface area contributed by atoms with Gasteiger partial charge in [-0.2, -0.15) is 0 Å². The number of rotatable bonds is 8. The highest BCUT2D eigenvalue weighted by Gasteiger charge is 2.37. The highest BCUT2D eigenvalue weighted by Crippen LogP contribution is 2.40. The van der Waals surface area contributed by atoms with Crippen molar-refractivity contribution < 1.29 is 8.63 Å². The third kappa shape index (κ3) is 7.68. The highest BCUT2D eigenvalue weighted by atomic mass is 35.5. The molecule has 4 nitrogen and oxygen atoms in total. The Hall–Kier alpha value is -1.14. The van der Waals surface area contributed by atoms with Crippen LogP contribution in [0.3, 0.4) is 0 Å². The molecule has 0 aliphatic heterocycles. The highest BCUT2D eigenvalue weighted by molar-refractivity contribution is 7.99. The molecule has 1 atom stereocenters. The van der Waals surface area contributed by atoms with E-state index in [1.807, 2.05) is 39.0 Å². The lowest BCUT2D eigenvalue weighted by Crippen LogP contribution is -2.40. The molecule has 1 N–H and O–H groups in total. The van der Waals surface area contributed by atoms with Gasteiger partial charge in [0.2, 0.25) is 0 Å². The molecule has 0 aliphatic carbocycles. The van der Waals surface area contributed by atoms with E-state index in [0.29, 0.717) is 23.7 Å². The van der Waals surface area contributed by atoms with Crippen LogP contribution in [0.2, 0.25) is 23.2 Å². The molecule has 2 aromatic rings. The molecule has 180 valence electrons. The third-order valence-electron chi connectivity index (χ3n) is 5.68. The Morgan fingerprint density at radius 2 is 1.88 bits per heavy atom. The number of nitrogens with one attached hydrogen (secondary N) is 1. The molecule has 1 heterocycles. The van der Waals surface area contributed by atoms with E-state index in [4.69, 9.17) is 22.5 Å². The molecule has 33 heavy (non-hydrogen) atoms. The number of hydrogen-bond donors (Lipinski definition) is 1. The summed E-state index contributed by atoms with van der Waals surface area (Å²) in [6.07, 6.45) is 7.41. The van der Waals surface area contributed by atoms with Crippen LogP contribution in [0.15, 0.2) is 40.4 Å². The number of halogens is 1. The molecular weight excluding hydrogens is 488 g/mol. The van der Waals surface area contributed by atoms with Crippen LogP contribution in [0, 0.1) is 12.3 Å². The Bertz CT molecular complexity index is 1050. The van der Waals surface area contributed by atoms with Gasteiger partial charge in [0.1, 0.15) is 5.03 Å². The van der Waals surface area contributed by atoms with Crippen molar-refractivity contribution in [2.75, 3.05) is 0 Å². The number of benzene rings is 1. The van der Waals surface area contributed by atoms with Gasteiger partial charge in [0.05, 0.1) is 27.4 Å². The summed E-state index contributed by atoms with van der Waals surface area (Å²) in [6, 6.07) is 7.66. The van der Waals surface area contributed by atoms with Gasteiger partial charge < -0.3 is 4.43 Å². The van der Waals surface area contributed by atoms with E-state index in [-0.39, 0.29) is 9.79 Å². The van der Waals surface area contributed by atoms with Crippen molar-refractivity contribution in [2.45, 2.75) is 87.5 Å². The Balaban J connectivity index is 2.35. The minimum Gasteiger partial charge on any atom is -0.412 e. The monoisotopic (exact) mass is 522 g/mol. The molecule has 1 aromatic carbocycles. The van der Waals surface area contributed by atoms with Gasteiger partial charge in [0.15, 0.2) is 8.32 Å². The number of pyridine rings is 1. The topological polar surface area (TPSA) is 51.2 Å². The maximum Gasteiger partial charge on any atom is 0.192 e. The number of terminal acetylenes is 1. The molecule has 2 rings (SSSR count). The first-order valence-corrected chi connectivity index (χ1v) is 16.1. The van der Waals surface area contributed by atoms with Crippen LogP contribution < -0.4 is 4.72 Å². The fourth-order valence-electron chi connectivity index (χ4n) is 2.54. The van der Waals surface area contributed by atoms with Crippen molar-refractivity contribution in [3.63, 3.8) is 0 Å².